The smallest absolute Gasteiger partial charge is 0.279 e. The van der Waals surface area contributed by atoms with Gasteiger partial charge in [0.2, 0.25) is 0 Å². The number of hydrogen-bond acceptors (Lipinski definition) is 4. The summed E-state index contributed by atoms with van der Waals surface area (Å²) in [7, 11) is 0. The molecule has 2 N–H and O–H groups in total. The average molecular weight is 452 g/mol. The van der Waals surface area contributed by atoms with Crippen LogP contribution in [0.15, 0.2) is 65.3 Å². The normalized spacial score (nSPS) is 17.1. The second-order valence-corrected chi connectivity index (χ2v) is 8.54. The molecule has 2 aromatic rings. The highest BCUT2D eigenvalue weighted by Gasteiger charge is 2.42. The summed E-state index contributed by atoms with van der Waals surface area (Å²) < 4.78 is 0. The first kappa shape index (κ1) is 22.1. The van der Waals surface area contributed by atoms with Crippen LogP contribution in [0.2, 0.25) is 0 Å². The van der Waals surface area contributed by atoms with E-state index in [-0.39, 0.29) is 22.7 Å². The Labute approximate surface area is 192 Å². The largest absolute Gasteiger partial charge is 0.352 e. The van der Waals surface area contributed by atoms with E-state index in [1.54, 1.807) is 24.3 Å². The Bertz CT molecular complexity index is 1050. The van der Waals surface area contributed by atoms with Crippen molar-refractivity contribution in [1.82, 2.24) is 10.2 Å². The highest BCUT2D eigenvalue weighted by atomic mass is 35.5. The lowest BCUT2D eigenvalue weighted by Crippen LogP contribution is -2.42. The van der Waals surface area contributed by atoms with Gasteiger partial charge >= 0.3 is 0 Å². The molecular formula is C25H26ClN3O3. The number of benzene rings is 2. The Kier molecular flexibility index (Phi) is 6.90. The predicted octanol–water partition coefficient (Wildman–Crippen LogP) is 4.22. The zero-order valence-corrected chi connectivity index (χ0v) is 18.5. The summed E-state index contributed by atoms with van der Waals surface area (Å²) in [6, 6.07) is 16.6. The van der Waals surface area contributed by atoms with Crippen molar-refractivity contribution in [1.29, 1.82) is 0 Å². The van der Waals surface area contributed by atoms with E-state index in [1.165, 1.54) is 4.90 Å². The first-order valence-corrected chi connectivity index (χ1v) is 11.4. The zero-order valence-electron chi connectivity index (χ0n) is 17.8. The van der Waals surface area contributed by atoms with Crippen molar-refractivity contribution < 1.29 is 14.4 Å². The molecule has 1 aliphatic carbocycles. The molecule has 1 fully saturated rings. The Morgan fingerprint density at radius 1 is 0.969 bits per heavy atom. The van der Waals surface area contributed by atoms with E-state index >= 15 is 0 Å². The molecule has 1 heterocycles. The maximum Gasteiger partial charge on any atom is 0.279 e. The molecule has 0 bridgehead atoms. The molecule has 0 atom stereocenters. The minimum Gasteiger partial charge on any atom is -0.352 e. The highest BCUT2D eigenvalue weighted by molar-refractivity contribution is 6.48. The van der Waals surface area contributed by atoms with Crippen LogP contribution in [0.1, 0.15) is 48.0 Å². The molecule has 7 heteroatoms. The summed E-state index contributed by atoms with van der Waals surface area (Å²) in [5, 5.41) is 5.78. The van der Waals surface area contributed by atoms with E-state index in [1.807, 2.05) is 30.3 Å². The average Bonchev–Trinajstić information content (AvgIpc) is 3.03. The van der Waals surface area contributed by atoms with Crippen molar-refractivity contribution in [3.63, 3.8) is 0 Å². The van der Waals surface area contributed by atoms with Gasteiger partial charge in [-0.05, 0) is 43.0 Å². The lowest BCUT2D eigenvalue weighted by atomic mass is 9.94. The van der Waals surface area contributed by atoms with Gasteiger partial charge in [0.1, 0.15) is 10.7 Å². The summed E-state index contributed by atoms with van der Waals surface area (Å²) in [5.74, 6) is -1.05. The first-order chi connectivity index (χ1) is 15.5. The van der Waals surface area contributed by atoms with Gasteiger partial charge in [-0.15, -0.1) is 0 Å². The molecule has 166 valence electrons. The number of amides is 3. The van der Waals surface area contributed by atoms with Crippen LogP contribution < -0.4 is 10.6 Å². The number of halogens is 1. The second-order valence-electron chi connectivity index (χ2n) is 8.16. The lowest BCUT2D eigenvalue weighted by molar-refractivity contribution is -0.140. The molecule has 4 rings (SSSR count). The maximum absolute atomic E-state index is 12.9. The van der Waals surface area contributed by atoms with Crippen molar-refractivity contribution in [2.75, 3.05) is 11.9 Å². The second kappa shape index (κ2) is 10.0. The Morgan fingerprint density at radius 2 is 1.72 bits per heavy atom. The number of carbonyl (C=O) groups excluding carboxylic acids is 3. The van der Waals surface area contributed by atoms with Crippen molar-refractivity contribution in [2.24, 2.45) is 0 Å². The van der Waals surface area contributed by atoms with Crippen molar-refractivity contribution >= 4 is 35.0 Å². The number of carbonyl (C=O) groups is 3. The lowest BCUT2D eigenvalue weighted by Gasteiger charge is -2.29. The molecule has 3 amide bonds. The standard InChI is InChI=1S/C25H26ClN3O3/c26-21-22(25(32)29(24(21)31)20-12-5-2-6-13-20)28-19-11-7-10-18(16-19)23(30)27-15-14-17-8-3-1-4-9-17/h1,3-4,7-11,16,20,28H,2,5-6,12-15H2,(H,27,30). The van der Waals surface area contributed by atoms with E-state index in [0.29, 0.717) is 17.8 Å². The quantitative estimate of drug-likeness (QED) is 0.618. The van der Waals surface area contributed by atoms with E-state index in [4.69, 9.17) is 11.6 Å². The molecule has 0 saturated heterocycles. The third kappa shape index (κ3) is 4.86. The van der Waals surface area contributed by atoms with Crippen molar-refractivity contribution in [2.45, 2.75) is 44.6 Å². The fourth-order valence-corrected chi connectivity index (χ4v) is 4.47. The SMILES string of the molecule is O=C(NCCc1ccccc1)c1cccc(NC2=C(Cl)C(=O)N(C3CCCCC3)C2=O)c1. The molecule has 0 spiro atoms. The molecule has 2 aromatic carbocycles. The summed E-state index contributed by atoms with van der Waals surface area (Å²) in [6.45, 7) is 0.515. The molecule has 0 aromatic heterocycles. The Hall–Kier alpha value is -3.12. The van der Waals surface area contributed by atoms with Gasteiger partial charge in [0.25, 0.3) is 17.7 Å². The van der Waals surface area contributed by atoms with Gasteiger partial charge in [0.15, 0.2) is 0 Å². The maximum atomic E-state index is 12.9. The van der Waals surface area contributed by atoms with Gasteiger partial charge in [-0.3, -0.25) is 19.3 Å². The number of nitrogens with zero attached hydrogens (tertiary/aromatic N) is 1. The number of anilines is 1. The molecule has 6 nitrogen and oxygen atoms in total. The van der Waals surface area contributed by atoms with Gasteiger partial charge in [0, 0.05) is 23.8 Å². The fourth-order valence-electron chi connectivity index (χ4n) is 4.25. The Morgan fingerprint density at radius 3 is 2.47 bits per heavy atom. The van der Waals surface area contributed by atoms with E-state index in [2.05, 4.69) is 10.6 Å². The molecule has 2 aliphatic rings. The van der Waals surface area contributed by atoms with Crippen LogP contribution in [-0.4, -0.2) is 35.2 Å². The van der Waals surface area contributed by atoms with Gasteiger partial charge < -0.3 is 10.6 Å². The van der Waals surface area contributed by atoms with E-state index in [0.717, 1.165) is 44.1 Å². The molecule has 32 heavy (non-hydrogen) atoms. The van der Waals surface area contributed by atoms with Crippen LogP contribution >= 0.6 is 11.6 Å². The van der Waals surface area contributed by atoms with Crippen LogP contribution in [0.3, 0.4) is 0 Å². The minimum absolute atomic E-state index is 0.0730. The number of imide groups is 1. The predicted molar refractivity (Wildman–Crippen MR) is 124 cm³/mol. The summed E-state index contributed by atoms with van der Waals surface area (Å²) >= 11 is 6.24. The topological polar surface area (TPSA) is 78.5 Å². The third-order valence-electron chi connectivity index (χ3n) is 5.93. The van der Waals surface area contributed by atoms with Crippen LogP contribution in [0.4, 0.5) is 5.69 Å². The van der Waals surface area contributed by atoms with Gasteiger partial charge in [0.05, 0.1) is 0 Å². The number of nitrogens with one attached hydrogen (secondary N) is 2. The van der Waals surface area contributed by atoms with Crippen LogP contribution in [0, 0.1) is 0 Å². The Balaban J connectivity index is 1.40. The molecular weight excluding hydrogens is 426 g/mol. The number of hydrogen-bond donors (Lipinski definition) is 2. The fraction of sp³-hybridized carbons (Fsp3) is 0.320. The van der Waals surface area contributed by atoms with Crippen molar-refractivity contribution in [3.8, 4) is 0 Å². The molecule has 0 radical (unpaired) electrons. The third-order valence-corrected chi connectivity index (χ3v) is 6.29. The molecule has 0 unspecified atom stereocenters. The van der Waals surface area contributed by atoms with Gasteiger partial charge in [-0.1, -0.05) is 67.3 Å². The van der Waals surface area contributed by atoms with Crippen molar-refractivity contribution in [3.05, 3.63) is 76.5 Å². The summed E-state index contributed by atoms with van der Waals surface area (Å²) in [4.78, 5) is 39.4. The summed E-state index contributed by atoms with van der Waals surface area (Å²) in [5.41, 5.74) is 2.21. The monoisotopic (exact) mass is 451 g/mol. The summed E-state index contributed by atoms with van der Waals surface area (Å²) in [6.07, 6.45) is 5.49. The molecule has 1 aliphatic heterocycles. The van der Waals surface area contributed by atoms with Crippen LogP contribution in [-0.2, 0) is 16.0 Å². The first-order valence-electron chi connectivity index (χ1n) is 11.0. The number of rotatable bonds is 7. The zero-order chi connectivity index (χ0) is 22.5. The van der Waals surface area contributed by atoms with Gasteiger partial charge in [-0.25, -0.2) is 0 Å². The van der Waals surface area contributed by atoms with E-state index in [9.17, 15) is 14.4 Å². The van der Waals surface area contributed by atoms with E-state index < -0.39 is 11.8 Å². The minimum atomic E-state index is -0.444. The van der Waals surface area contributed by atoms with Gasteiger partial charge in [-0.2, -0.15) is 0 Å². The van der Waals surface area contributed by atoms with Crippen LogP contribution in [0.25, 0.3) is 0 Å². The molecule has 1 saturated carbocycles. The van der Waals surface area contributed by atoms with Crippen LogP contribution in [0.5, 0.6) is 0 Å². The highest BCUT2D eigenvalue weighted by Crippen LogP contribution is 2.32.